The highest BCUT2D eigenvalue weighted by Gasteiger charge is 2.53. The third-order valence-corrected chi connectivity index (χ3v) is 6.36. The first-order valence-corrected chi connectivity index (χ1v) is 11.0. The van der Waals surface area contributed by atoms with Crippen molar-refractivity contribution in [2.45, 2.75) is 25.5 Å². The Morgan fingerprint density at radius 1 is 1.06 bits per heavy atom. The van der Waals surface area contributed by atoms with Gasteiger partial charge in [-0.15, -0.1) is 0 Å². The van der Waals surface area contributed by atoms with Crippen LogP contribution in [-0.4, -0.2) is 41.2 Å². The lowest BCUT2D eigenvalue weighted by atomic mass is 9.82. The van der Waals surface area contributed by atoms with E-state index in [-0.39, 0.29) is 25.5 Å². The predicted octanol–water partition coefficient (Wildman–Crippen LogP) is 3.38. The number of rotatable bonds is 6. The summed E-state index contributed by atoms with van der Waals surface area (Å²) in [6.45, 7) is 1.82. The van der Waals surface area contributed by atoms with Gasteiger partial charge in [0, 0.05) is 12.0 Å². The summed E-state index contributed by atoms with van der Waals surface area (Å²) in [5, 5.41) is 14.0. The number of carbonyl (C=O) groups is 2. The van der Waals surface area contributed by atoms with E-state index in [4.69, 9.17) is 10.6 Å². The molecule has 1 aliphatic rings. The molecule has 0 spiro atoms. The van der Waals surface area contributed by atoms with Crippen LogP contribution in [0, 0.1) is 6.92 Å². The van der Waals surface area contributed by atoms with Crippen molar-refractivity contribution in [3.8, 4) is 11.1 Å². The van der Waals surface area contributed by atoms with E-state index in [0.717, 1.165) is 16.7 Å². The van der Waals surface area contributed by atoms with Crippen molar-refractivity contribution in [3.05, 3.63) is 95.1 Å². The van der Waals surface area contributed by atoms with Crippen LogP contribution in [0.3, 0.4) is 0 Å². The molecule has 7 nitrogen and oxygen atoms in total. The SMILES string of the molecule is CON=C1CN(C(=O)c2ccc(-c3ccccc3C)cc2)C(C(N)=O)(c2ccccc2CO)C1. The molecule has 34 heavy (non-hydrogen) atoms. The fraction of sp³-hybridized carbons (Fsp3) is 0.222. The molecule has 3 aromatic rings. The summed E-state index contributed by atoms with van der Waals surface area (Å²) in [6, 6.07) is 22.3. The Morgan fingerprint density at radius 2 is 1.74 bits per heavy atom. The van der Waals surface area contributed by atoms with E-state index in [9.17, 15) is 14.7 Å². The molecule has 1 saturated heterocycles. The third kappa shape index (κ3) is 3.95. The van der Waals surface area contributed by atoms with Crippen LogP contribution >= 0.6 is 0 Å². The van der Waals surface area contributed by atoms with Crippen LogP contribution in [0.4, 0.5) is 0 Å². The van der Waals surface area contributed by atoms with E-state index in [2.05, 4.69) is 5.16 Å². The molecule has 0 radical (unpaired) electrons. The van der Waals surface area contributed by atoms with Crippen LogP contribution in [0.25, 0.3) is 11.1 Å². The number of amides is 2. The van der Waals surface area contributed by atoms with Gasteiger partial charge in [0.15, 0.2) is 5.54 Å². The first kappa shape index (κ1) is 23.2. The summed E-state index contributed by atoms with van der Waals surface area (Å²) >= 11 is 0. The van der Waals surface area contributed by atoms with Gasteiger partial charge in [0.05, 0.1) is 18.9 Å². The molecule has 2 amide bonds. The van der Waals surface area contributed by atoms with Crippen molar-refractivity contribution in [3.63, 3.8) is 0 Å². The number of oxime groups is 1. The zero-order valence-electron chi connectivity index (χ0n) is 19.2. The van der Waals surface area contributed by atoms with Crippen molar-refractivity contribution < 1.29 is 19.5 Å². The van der Waals surface area contributed by atoms with Gasteiger partial charge in [-0.2, -0.15) is 0 Å². The second-order valence-corrected chi connectivity index (χ2v) is 8.34. The fourth-order valence-electron chi connectivity index (χ4n) is 4.70. The van der Waals surface area contributed by atoms with Gasteiger partial charge < -0.3 is 20.6 Å². The van der Waals surface area contributed by atoms with Crippen LogP contribution in [-0.2, 0) is 21.8 Å². The van der Waals surface area contributed by atoms with Crippen LogP contribution in [0.2, 0.25) is 0 Å². The Labute approximate surface area is 198 Å². The number of hydrogen-bond acceptors (Lipinski definition) is 5. The largest absolute Gasteiger partial charge is 0.399 e. The molecule has 1 fully saturated rings. The normalized spacial score (nSPS) is 18.8. The second kappa shape index (κ2) is 9.49. The molecule has 0 saturated carbocycles. The number of nitrogens with zero attached hydrogens (tertiary/aromatic N) is 2. The lowest BCUT2D eigenvalue weighted by molar-refractivity contribution is -0.127. The molecule has 1 unspecified atom stereocenters. The van der Waals surface area contributed by atoms with Crippen LogP contribution < -0.4 is 5.73 Å². The summed E-state index contributed by atoms with van der Waals surface area (Å²) in [6.07, 6.45) is 0.0836. The highest BCUT2D eigenvalue weighted by atomic mass is 16.6. The predicted molar refractivity (Wildman–Crippen MR) is 130 cm³/mol. The Kier molecular flexibility index (Phi) is 6.47. The highest BCUT2D eigenvalue weighted by Crippen LogP contribution is 2.40. The van der Waals surface area contributed by atoms with Crippen molar-refractivity contribution in [2.24, 2.45) is 10.9 Å². The molecule has 3 aromatic carbocycles. The summed E-state index contributed by atoms with van der Waals surface area (Å²) in [4.78, 5) is 33.2. The molecule has 0 bridgehead atoms. The number of benzene rings is 3. The van der Waals surface area contributed by atoms with Crippen LogP contribution in [0.15, 0.2) is 78.0 Å². The average Bonchev–Trinajstić information content (AvgIpc) is 3.24. The third-order valence-electron chi connectivity index (χ3n) is 6.36. The van der Waals surface area contributed by atoms with Gasteiger partial charge >= 0.3 is 0 Å². The summed E-state index contributed by atoms with van der Waals surface area (Å²) in [7, 11) is 1.41. The molecule has 4 rings (SSSR count). The molecule has 1 heterocycles. The molecular weight excluding hydrogens is 430 g/mol. The zero-order valence-corrected chi connectivity index (χ0v) is 19.2. The maximum absolute atomic E-state index is 13.8. The Bertz CT molecular complexity index is 1250. The fourth-order valence-corrected chi connectivity index (χ4v) is 4.70. The lowest BCUT2D eigenvalue weighted by Crippen LogP contribution is -2.54. The Morgan fingerprint density at radius 3 is 2.38 bits per heavy atom. The monoisotopic (exact) mass is 457 g/mol. The maximum Gasteiger partial charge on any atom is 0.255 e. The van der Waals surface area contributed by atoms with E-state index in [1.54, 1.807) is 36.4 Å². The minimum atomic E-state index is -1.50. The van der Waals surface area contributed by atoms with Crippen molar-refractivity contribution >= 4 is 17.5 Å². The first-order chi connectivity index (χ1) is 16.4. The first-order valence-electron chi connectivity index (χ1n) is 11.0. The Balaban J connectivity index is 1.78. The van der Waals surface area contributed by atoms with Gasteiger partial charge in [0.2, 0.25) is 5.91 Å². The zero-order chi connectivity index (χ0) is 24.3. The number of hydrogen-bond donors (Lipinski definition) is 2. The summed E-state index contributed by atoms with van der Waals surface area (Å²) in [5.74, 6) is -1.05. The number of aliphatic hydroxyl groups is 1. The van der Waals surface area contributed by atoms with Crippen molar-refractivity contribution in [1.82, 2.24) is 4.90 Å². The summed E-state index contributed by atoms with van der Waals surface area (Å²) < 4.78 is 0. The minimum absolute atomic E-state index is 0.0783. The van der Waals surface area contributed by atoms with Gasteiger partial charge in [-0.1, -0.05) is 65.8 Å². The van der Waals surface area contributed by atoms with Gasteiger partial charge in [0.1, 0.15) is 7.11 Å². The minimum Gasteiger partial charge on any atom is -0.399 e. The molecule has 174 valence electrons. The van der Waals surface area contributed by atoms with Crippen LogP contribution in [0.5, 0.6) is 0 Å². The Hall–Kier alpha value is -3.97. The molecular formula is C27H27N3O4. The number of nitrogens with two attached hydrogens (primary N) is 1. The van der Waals surface area contributed by atoms with E-state index < -0.39 is 11.4 Å². The smallest absolute Gasteiger partial charge is 0.255 e. The molecule has 7 heteroatoms. The standard InChI is InChI=1S/C27H27N3O4/c1-18-7-3-5-9-23(18)19-11-13-20(14-12-19)25(32)30-16-22(29-34-2)15-27(30,26(28)33)24-10-6-4-8-21(24)17-31/h3-14,31H,15-17H2,1-2H3,(H2,28,33). The van der Waals surface area contributed by atoms with Gasteiger partial charge in [-0.3, -0.25) is 9.59 Å². The van der Waals surface area contributed by atoms with Gasteiger partial charge in [0.25, 0.3) is 5.91 Å². The maximum atomic E-state index is 13.8. The molecule has 0 aromatic heterocycles. The molecule has 1 atom stereocenters. The molecule has 1 aliphatic heterocycles. The average molecular weight is 458 g/mol. The number of likely N-dealkylation sites (tertiary alicyclic amines) is 1. The van der Waals surface area contributed by atoms with E-state index in [1.165, 1.54) is 12.0 Å². The van der Waals surface area contributed by atoms with E-state index in [0.29, 0.717) is 22.4 Å². The summed E-state index contributed by atoms with van der Waals surface area (Å²) in [5.41, 5.74) is 9.61. The second-order valence-electron chi connectivity index (χ2n) is 8.34. The molecule has 3 N–H and O–H groups in total. The van der Waals surface area contributed by atoms with Gasteiger partial charge in [-0.25, -0.2) is 0 Å². The van der Waals surface area contributed by atoms with E-state index >= 15 is 0 Å². The van der Waals surface area contributed by atoms with Gasteiger partial charge in [-0.05, 0) is 46.9 Å². The number of aryl methyl sites for hydroxylation is 1. The number of carbonyl (C=O) groups excluding carboxylic acids is 2. The van der Waals surface area contributed by atoms with Crippen LogP contribution in [0.1, 0.15) is 33.5 Å². The van der Waals surface area contributed by atoms with Crippen molar-refractivity contribution in [2.75, 3.05) is 13.7 Å². The molecule has 0 aliphatic carbocycles. The van der Waals surface area contributed by atoms with Crippen molar-refractivity contribution in [1.29, 1.82) is 0 Å². The topological polar surface area (TPSA) is 105 Å². The van der Waals surface area contributed by atoms with E-state index in [1.807, 2.05) is 43.3 Å². The number of primary amides is 1. The lowest BCUT2D eigenvalue weighted by Gasteiger charge is -2.36. The quantitative estimate of drug-likeness (QED) is 0.554. The number of aliphatic hydroxyl groups excluding tert-OH is 1. The highest BCUT2D eigenvalue weighted by molar-refractivity contribution is 6.07.